The first-order valence-corrected chi connectivity index (χ1v) is 5.68. The molecule has 1 aliphatic rings. The molecule has 15 heavy (non-hydrogen) atoms. The molecule has 1 amide bonds. The van der Waals surface area contributed by atoms with Crippen LogP contribution in [0.15, 0.2) is 0 Å². The van der Waals surface area contributed by atoms with E-state index in [1.807, 2.05) is 20.8 Å². The van der Waals surface area contributed by atoms with Crippen LogP contribution in [0.25, 0.3) is 0 Å². The number of carbonyl (C=O) groups is 1. The van der Waals surface area contributed by atoms with Gasteiger partial charge in [0.25, 0.3) is 0 Å². The summed E-state index contributed by atoms with van der Waals surface area (Å²) < 4.78 is 5.28. The van der Waals surface area contributed by atoms with Crippen LogP contribution in [0.5, 0.6) is 0 Å². The SMILES string of the molecule is CCNC(C)CC(=O)NC1(C)CCOC1. The van der Waals surface area contributed by atoms with E-state index >= 15 is 0 Å². The van der Waals surface area contributed by atoms with Crippen molar-refractivity contribution in [3.63, 3.8) is 0 Å². The Balaban J connectivity index is 2.28. The standard InChI is InChI=1S/C11H22N2O2/c1-4-12-9(2)7-10(14)13-11(3)5-6-15-8-11/h9,12H,4-8H2,1-3H3,(H,13,14). The van der Waals surface area contributed by atoms with Crippen molar-refractivity contribution < 1.29 is 9.53 Å². The summed E-state index contributed by atoms with van der Waals surface area (Å²) in [4.78, 5) is 11.7. The Labute approximate surface area is 91.8 Å². The highest BCUT2D eigenvalue weighted by Crippen LogP contribution is 2.17. The van der Waals surface area contributed by atoms with Gasteiger partial charge in [0.05, 0.1) is 12.1 Å². The molecule has 1 heterocycles. The Hall–Kier alpha value is -0.610. The highest BCUT2D eigenvalue weighted by molar-refractivity contribution is 5.77. The molecule has 0 aromatic rings. The second-order valence-electron chi connectivity index (χ2n) is 4.57. The molecule has 4 nitrogen and oxygen atoms in total. The molecule has 0 saturated carbocycles. The van der Waals surface area contributed by atoms with Crippen molar-refractivity contribution in [2.24, 2.45) is 0 Å². The minimum absolute atomic E-state index is 0.108. The van der Waals surface area contributed by atoms with E-state index < -0.39 is 0 Å². The fourth-order valence-electron chi connectivity index (χ4n) is 1.85. The summed E-state index contributed by atoms with van der Waals surface area (Å²) in [6.07, 6.45) is 1.44. The summed E-state index contributed by atoms with van der Waals surface area (Å²) in [5, 5.41) is 6.26. The molecule has 88 valence electrons. The number of carbonyl (C=O) groups excluding carboxylic acids is 1. The van der Waals surface area contributed by atoms with E-state index in [0.717, 1.165) is 19.6 Å². The Bertz CT molecular complexity index is 213. The summed E-state index contributed by atoms with van der Waals surface area (Å²) in [5.41, 5.74) is -0.150. The predicted molar refractivity (Wildman–Crippen MR) is 59.7 cm³/mol. The van der Waals surface area contributed by atoms with Crippen molar-refractivity contribution >= 4 is 5.91 Å². The van der Waals surface area contributed by atoms with E-state index in [9.17, 15) is 4.79 Å². The Morgan fingerprint density at radius 3 is 2.87 bits per heavy atom. The number of nitrogens with one attached hydrogen (secondary N) is 2. The molecule has 0 spiro atoms. The van der Waals surface area contributed by atoms with Gasteiger partial charge in [-0.05, 0) is 26.8 Å². The van der Waals surface area contributed by atoms with Crippen LogP contribution in [0.3, 0.4) is 0 Å². The molecule has 0 aromatic heterocycles. The molecule has 0 radical (unpaired) electrons. The topological polar surface area (TPSA) is 50.4 Å². The molecule has 2 unspecified atom stereocenters. The van der Waals surface area contributed by atoms with Crippen LogP contribution in [0.2, 0.25) is 0 Å². The maximum absolute atomic E-state index is 11.7. The molecule has 0 bridgehead atoms. The predicted octanol–water partition coefficient (Wildman–Crippen LogP) is 0.670. The van der Waals surface area contributed by atoms with E-state index in [1.165, 1.54) is 0 Å². The lowest BCUT2D eigenvalue weighted by molar-refractivity contribution is -0.123. The third kappa shape index (κ3) is 4.18. The highest BCUT2D eigenvalue weighted by Gasteiger charge is 2.31. The first-order chi connectivity index (χ1) is 7.06. The molecule has 4 heteroatoms. The van der Waals surface area contributed by atoms with Gasteiger partial charge in [0.15, 0.2) is 0 Å². The second kappa shape index (κ2) is 5.47. The van der Waals surface area contributed by atoms with Crippen LogP contribution in [0, 0.1) is 0 Å². The van der Waals surface area contributed by atoms with E-state index in [0.29, 0.717) is 13.0 Å². The normalized spacial score (nSPS) is 27.7. The summed E-state index contributed by atoms with van der Waals surface area (Å²) in [7, 11) is 0. The second-order valence-corrected chi connectivity index (χ2v) is 4.57. The first-order valence-electron chi connectivity index (χ1n) is 5.68. The molecule has 2 atom stereocenters. The molecule has 1 rings (SSSR count). The molecular formula is C11H22N2O2. The van der Waals surface area contributed by atoms with Crippen molar-refractivity contribution in [2.75, 3.05) is 19.8 Å². The van der Waals surface area contributed by atoms with Crippen molar-refractivity contribution in [1.82, 2.24) is 10.6 Å². The molecule has 1 fully saturated rings. The fraction of sp³-hybridized carbons (Fsp3) is 0.909. The van der Waals surface area contributed by atoms with Crippen LogP contribution in [0.4, 0.5) is 0 Å². The van der Waals surface area contributed by atoms with Gasteiger partial charge in [-0.15, -0.1) is 0 Å². The summed E-state index contributed by atoms with van der Waals surface area (Å²) in [6, 6.07) is 0.237. The maximum Gasteiger partial charge on any atom is 0.222 e. The van der Waals surface area contributed by atoms with Gasteiger partial charge in [-0.2, -0.15) is 0 Å². The van der Waals surface area contributed by atoms with Crippen molar-refractivity contribution in [3.8, 4) is 0 Å². The summed E-state index contributed by atoms with van der Waals surface area (Å²) in [6.45, 7) is 8.38. The van der Waals surface area contributed by atoms with Crippen LogP contribution < -0.4 is 10.6 Å². The lowest BCUT2D eigenvalue weighted by atomic mass is 10.0. The average Bonchev–Trinajstić information content (AvgIpc) is 2.51. The number of ether oxygens (including phenoxy) is 1. The lowest BCUT2D eigenvalue weighted by Gasteiger charge is -2.24. The van der Waals surface area contributed by atoms with Gasteiger partial charge in [-0.25, -0.2) is 0 Å². The monoisotopic (exact) mass is 214 g/mol. The van der Waals surface area contributed by atoms with E-state index in [4.69, 9.17) is 4.74 Å². The smallest absolute Gasteiger partial charge is 0.222 e. The van der Waals surface area contributed by atoms with Gasteiger partial charge in [-0.1, -0.05) is 6.92 Å². The lowest BCUT2D eigenvalue weighted by Crippen LogP contribution is -2.48. The zero-order valence-electron chi connectivity index (χ0n) is 9.93. The fourth-order valence-corrected chi connectivity index (χ4v) is 1.85. The zero-order chi connectivity index (χ0) is 11.3. The molecule has 1 aliphatic heterocycles. The third-order valence-electron chi connectivity index (χ3n) is 2.70. The highest BCUT2D eigenvalue weighted by atomic mass is 16.5. The number of rotatable bonds is 5. The third-order valence-corrected chi connectivity index (χ3v) is 2.70. The first kappa shape index (κ1) is 12.5. The van der Waals surface area contributed by atoms with Gasteiger partial charge in [-0.3, -0.25) is 4.79 Å². The Morgan fingerprint density at radius 1 is 1.60 bits per heavy atom. The largest absolute Gasteiger partial charge is 0.379 e. The minimum Gasteiger partial charge on any atom is -0.379 e. The van der Waals surface area contributed by atoms with Gasteiger partial charge >= 0.3 is 0 Å². The number of hydrogen-bond acceptors (Lipinski definition) is 3. The van der Waals surface area contributed by atoms with E-state index in [-0.39, 0.29) is 17.5 Å². The Kier molecular flexibility index (Phi) is 4.54. The summed E-state index contributed by atoms with van der Waals surface area (Å²) >= 11 is 0. The van der Waals surface area contributed by atoms with Crippen LogP contribution >= 0.6 is 0 Å². The number of amides is 1. The minimum atomic E-state index is -0.150. The van der Waals surface area contributed by atoms with Crippen molar-refractivity contribution in [1.29, 1.82) is 0 Å². The van der Waals surface area contributed by atoms with E-state index in [2.05, 4.69) is 10.6 Å². The molecule has 0 aliphatic carbocycles. The van der Waals surface area contributed by atoms with Crippen LogP contribution in [-0.2, 0) is 9.53 Å². The summed E-state index contributed by atoms with van der Waals surface area (Å²) in [5.74, 6) is 0.108. The van der Waals surface area contributed by atoms with Gasteiger partial charge in [0, 0.05) is 19.1 Å². The quantitative estimate of drug-likeness (QED) is 0.707. The van der Waals surface area contributed by atoms with E-state index in [1.54, 1.807) is 0 Å². The molecular weight excluding hydrogens is 192 g/mol. The molecule has 0 aromatic carbocycles. The van der Waals surface area contributed by atoms with Crippen molar-refractivity contribution in [2.45, 2.75) is 45.2 Å². The van der Waals surface area contributed by atoms with Gasteiger partial charge < -0.3 is 15.4 Å². The van der Waals surface area contributed by atoms with Crippen LogP contribution in [0.1, 0.15) is 33.6 Å². The number of hydrogen-bond donors (Lipinski definition) is 2. The van der Waals surface area contributed by atoms with Gasteiger partial charge in [0.1, 0.15) is 0 Å². The molecule has 1 saturated heterocycles. The Morgan fingerprint density at radius 2 is 2.33 bits per heavy atom. The van der Waals surface area contributed by atoms with Crippen LogP contribution in [-0.4, -0.2) is 37.2 Å². The molecule has 2 N–H and O–H groups in total. The average molecular weight is 214 g/mol. The van der Waals surface area contributed by atoms with Gasteiger partial charge in [0.2, 0.25) is 5.91 Å². The maximum atomic E-state index is 11.7. The van der Waals surface area contributed by atoms with Crippen molar-refractivity contribution in [3.05, 3.63) is 0 Å². The zero-order valence-corrected chi connectivity index (χ0v) is 9.93.